The first-order valence-electron chi connectivity index (χ1n) is 14.1. The summed E-state index contributed by atoms with van der Waals surface area (Å²) in [5, 5.41) is 0. The average Bonchev–Trinajstić information content (AvgIpc) is 3.45. The van der Waals surface area contributed by atoms with Crippen molar-refractivity contribution in [2.45, 2.75) is 111 Å². The monoisotopic (exact) mass is 434 g/mol. The highest BCUT2D eigenvalue weighted by atomic mass is 15.9. The highest BCUT2D eigenvalue weighted by Gasteiger charge is 2.82. The Morgan fingerprint density at radius 3 is 1.94 bits per heavy atom. The van der Waals surface area contributed by atoms with Gasteiger partial charge in [0.15, 0.2) is 0 Å². The highest BCUT2D eigenvalue weighted by Crippen LogP contribution is 2.57. The first-order chi connectivity index (χ1) is 14.9. The van der Waals surface area contributed by atoms with E-state index in [-0.39, 0.29) is 5.91 Å². The maximum Gasteiger partial charge on any atom is 0.357 e. The molecular weight excluding hydrogens is 380 g/mol. The molecule has 4 nitrogen and oxygen atoms in total. The Bertz CT molecular complexity index is 590. The summed E-state index contributed by atoms with van der Waals surface area (Å²) >= 11 is 0. The van der Waals surface area contributed by atoms with Crippen molar-refractivity contribution in [3.8, 4) is 0 Å². The van der Waals surface area contributed by atoms with Crippen molar-refractivity contribution in [2.75, 3.05) is 52.4 Å². The Balaban J connectivity index is 1.93. The minimum absolute atomic E-state index is 0.223. The average molecular weight is 435 g/mol. The second-order valence-electron chi connectivity index (χ2n) is 12.5. The van der Waals surface area contributed by atoms with Gasteiger partial charge < -0.3 is 0 Å². The molecule has 4 aliphatic heterocycles. The Labute approximate surface area is 194 Å². The van der Waals surface area contributed by atoms with E-state index in [9.17, 15) is 0 Å². The molecule has 4 heterocycles. The van der Waals surface area contributed by atoms with Crippen LogP contribution in [0.5, 0.6) is 0 Å². The smallest absolute Gasteiger partial charge is 0.241 e. The molecule has 4 saturated heterocycles. The Kier molecular flexibility index (Phi) is 7.14. The fourth-order valence-corrected chi connectivity index (χ4v) is 8.90. The number of nitrogens with zero attached hydrogens (tertiary/aromatic N) is 4. The van der Waals surface area contributed by atoms with Gasteiger partial charge in [-0.15, -0.1) is 0 Å². The van der Waals surface area contributed by atoms with E-state index in [0.717, 1.165) is 23.9 Å². The second-order valence-corrected chi connectivity index (χ2v) is 12.5. The van der Waals surface area contributed by atoms with E-state index in [2.05, 4.69) is 51.3 Å². The van der Waals surface area contributed by atoms with Crippen LogP contribution in [0.3, 0.4) is 0 Å². The van der Waals surface area contributed by atoms with Crippen molar-refractivity contribution < 1.29 is 8.97 Å². The maximum atomic E-state index is 3.18. The van der Waals surface area contributed by atoms with Crippen molar-refractivity contribution in [3.63, 3.8) is 0 Å². The molecule has 0 bridgehead atoms. The number of hydrogen-bond acceptors (Lipinski definition) is 2. The molecule has 4 fully saturated rings. The Hall–Kier alpha value is -0.160. The van der Waals surface area contributed by atoms with Crippen molar-refractivity contribution in [1.29, 1.82) is 0 Å². The molecule has 0 amide bonds. The van der Waals surface area contributed by atoms with Crippen LogP contribution in [0.4, 0.5) is 0 Å². The second kappa shape index (κ2) is 9.24. The summed E-state index contributed by atoms with van der Waals surface area (Å²) in [6.07, 6.45) is 11.3. The van der Waals surface area contributed by atoms with E-state index in [1.807, 2.05) is 0 Å². The van der Waals surface area contributed by atoms with Crippen LogP contribution in [0.15, 0.2) is 0 Å². The number of hydrogen-bond donors (Lipinski definition) is 0. The zero-order valence-electron chi connectivity index (χ0n) is 21.9. The van der Waals surface area contributed by atoms with Crippen molar-refractivity contribution in [2.24, 2.45) is 11.8 Å². The van der Waals surface area contributed by atoms with Crippen LogP contribution in [0.25, 0.3) is 0 Å². The van der Waals surface area contributed by atoms with Crippen LogP contribution < -0.4 is 0 Å². The van der Waals surface area contributed by atoms with Gasteiger partial charge in [0, 0.05) is 45.2 Å². The third-order valence-electron chi connectivity index (χ3n) is 9.35. The summed E-state index contributed by atoms with van der Waals surface area (Å²) in [4.78, 5) is 6.29. The lowest BCUT2D eigenvalue weighted by Gasteiger charge is -2.58. The molecule has 4 aliphatic rings. The van der Waals surface area contributed by atoms with Gasteiger partial charge in [0.2, 0.25) is 0 Å². The molecule has 0 radical (unpaired) electrons. The quantitative estimate of drug-likeness (QED) is 0.490. The van der Waals surface area contributed by atoms with E-state index >= 15 is 0 Å². The van der Waals surface area contributed by atoms with Gasteiger partial charge in [-0.05, 0) is 18.3 Å². The summed E-state index contributed by atoms with van der Waals surface area (Å²) < 4.78 is 2.85. The minimum Gasteiger partial charge on any atom is -0.241 e. The molecule has 0 aromatic carbocycles. The summed E-state index contributed by atoms with van der Waals surface area (Å²) in [5.41, 5.74) is 0. The Morgan fingerprint density at radius 2 is 1.39 bits per heavy atom. The molecule has 4 rings (SSSR count). The molecule has 4 heteroatoms. The molecule has 31 heavy (non-hydrogen) atoms. The summed E-state index contributed by atoms with van der Waals surface area (Å²) in [7, 11) is 0. The van der Waals surface area contributed by atoms with Crippen molar-refractivity contribution >= 4 is 0 Å². The molecule has 3 atom stereocenters. The van der Waals surface area contributed by atoms with Crippen LogP contribution in [-0.2, 0) is 0 Å². The van der Waals surface area contributed by atoms with E-state index < -0.39 is 0 Å². The molecule has 3 unspecified atom stereocenters. The molecule has 0 N–H and O–H groups in total. The fraction of sp³-hybridized carbons (Fsp3) is 1.00. The van der Waals surface area contributed by atoms with Gasteiger partial charge in [-0.2, -0.15) is 9.80 Å². The van der Waals surface area contributed by atoms with Gasteiger partial charge >= 0.3 is 5.91 Å². The first kappa shape index (κ1) is 24.0. The molecule has 0 aliphatic carbocycles. The standard InChI is InChI=1S/C27H54N4/c1-7-13-25-22-30(15-9-10-16-30)27(29(25)20-24(5)6)28(19-23(3)4)21-26(14-8-2)31(27)17-11-12-18-31/h23-26H,7-22H2,1-6H3/q+2. The van der Waals surface area contributed by atoms with Gasteiger partial charge in [-0.25, -0.2) is 8.97 Å². The van der Waals surface area contributed by atoms with Gasteiger partial charge in [0.25, 0.3) is 0 Å². The van der Waals surface area contributed by atoms with Crippen LogP contribution >= 0.6 is 0 Å². The lowest BCUT2D eigenvalue weighted by molar-refractivity contribution is -1.17. The van der Waals surface area contributed by atoms with Crippen LogP contribution in [0.1, 0.15) is 92.9 Å². The molecule has 3 spiro atoms. The van der Waals surface area contributed by atoms with Crippen molar-refractivity contribution in [3.05, 3.63) is 0 Å². The molecule has 0 aromatic heterocycles. The first-order valence-corrected chi connectivity index (χ1v) is 14.1. The van der Waals surface area contributed by atoms with Crippen LogP contribution in [0.2, 0.25) is 0 Å². The van der Waals surface area contributed by atoms with Crippen LogP contribution in [-0.4, -0.2) is 89.1 Å². The normalized spacial score (nSPS) is 35.2. The SMILES string of the molecule is CCCC1C[N+]2(CCCC2)C2(N(CC(C)C)CC(CCC)[N+]23CCCC3)N1CC(C)C. The minimum atomic E-state index is 0.223. The lowest BCUT2D eigenvalue weighted by atomic mass is 10.1. The van der Waals surface area contributed by atoms with Crippen LogP contribution in [0, 0.1) is 11.8 Å². The summed E-state index contributed by atoms with van der Waals surface area (Å²) in [6.45, 7) is 25.8. The van der Waals surface area contributed by atoms with E-state index in [1.165, 1.54) is 113 Å². The molecule has 0 saturated carbocycles. The Morgan fingerprint density at radius 1 is 0.806 bits per heavy atom. The predicted molar refractivity (Wildman–Crippen MR) is 131 cm³/mol. The van der Waals surface area contributed by atoms with Gasteiger partial charge in [-0.3, -0.25) is 0 Å². The maximum absolute atomic E-state index is 3.18. The number of rotatable bonds is 8. The van der Waals surface area contributed by atoms with Gasteiger partial charge in [-0.1, -0.05) is 54.4 Å². The lowest BCUT2D eigenvalue weighted by Crippen LogP contribution is -2.83. The summed E-state index contributed by atoms with van der Waals surface area (Å²) in [5.74, 6) is 1.71. The third kappa shape index (κ3) is 3.54. The van der Waals surface area contributed by atoms with E-state index in [4.69, 9.17) is 0 Å². The van der Waals surface area contributed by atoms with Gasteiger partial charge in [0.05, 0.1) is 38.8 Å². The van der Waals surface area contributed by atoms with E-state index in [1.54, 1.807) is 0 Å². The summed E-state index contributed by atoms with van der Waals surface area (Å²) in [6, 6.07) is 1.62. The number of quaternary nitrogens is 2. The zero-order valence-corrected chi connectivity index (χ0v) is 21.9. The van der Waals surface area contributed by atoms with E-state index in [0.29, 0.717) is 0 Å². The topological polar surface area (TPSA) is 6.48 Å². The van der Waals surface area contributed by atoms with Crippen molar-refractivity contribution in [1.82, 2.24) is 9.80 Å². The molecular formula is C27H54N4+2. The predicted octanol–water partition coefficient (Wildman–Crippen LogP) is 5.10. The fourth-order valence-electron chi connectivity index (χ4n) is 8.90. The third-order valence-corrected chi connectivity index (χ3v) is 9.35. The van der Waals surface area contributed by atoms with Gasteiger partial charge in [0.1, 0.15) is 12.6 Å². The number of fused-ring (bicyclic) bond motifs is 2. The highest BCUT2D eigenvalue weighted by molar-refractivity contribution is 4.98. The molecule has 0 aromatic rings. The molecule has 180 valence electrons. The largest absolute Gasteiger partial charge is 0.357 e. The zero-order chi connectivity index (χ0) is 22.3.